The van der Waals surface area contributed by atoms with E-state index in [9.17, 15) is 13.2 Å². The molecule has 0 spiro atoms. The van der Waals surface area contributed by atoms with E-state index in [1.807, 2.05) is 29.6 Å². The van der Waals surface area contributed by atoms with Crippen LogP contribution in [0.3, 0.4) is 0 Å². The number of methoxy groups -OCH3 is 2. The molecule has 8 nitrogen and oxygen atoms in total. The van der Waals surface area contributed by atoms with Gasteiger partial charge in [0.2, 0.25) is 10.0 Å². The maximum atomic E-state index is 13.3. The Hall–Kier alpha value is -3.37. The number of nitrogens with zero attached hydrogens (tertiary/aromatic N) is 2. The number of hydrogen-bond donors (Lipinski definition) is 1. The average molecular weight is 486 g/mol. The molecular formula is C23H23N3O5S2. The quantitative estimate of drug-likeness (QED) is 0.543. The molecule has 1 amide bonds. The Morgan fingerprint density at radius 2 is 1.91 bits per heavy atom. The summed E-state index contributed by atoms with van der Waals surface area (Å²) in [6.07, 6.45) is 1.52. The normalized spacial score (nSPS) is 15.8. The van der Waals surface area contributed by atoms with E-state index >= 15 is 0 Å². The summed E-state index contributed by atoms with van der Waals surface area (Å²) in [6.45, 7) is 0. The molecule has 2 heterocycles. The van der Waals surface area contributed by atoms with Gasteiger partial charge < -0.3 is 9.47 Å². The van der Waals surface area contributed by atoms with Crippen LogP contribution < -0.4 is 14.2 Å². The topological polar surface area (TPSA) is 97.3 Å². The fourth-order valence-corrected chi connectivity index (χ4v) is 4.99. The number of hydrazone groups is 1. The highest BCUT2D eigenvalue weighted by molar-refractivity contribution is 7.92. The number of carbonyl (C=O) groups is 1. The molecule has 1 atom stereocenters. The van der Waals surface area contributed by atoms with E-state index in [2.05, 4.69) is 9.82 Å². The van der Waals surface area contributed by atoms with Crippen molar-refractivity contribution in [3.8, 4) is 11.5 Å². The van der Waals surface area contributed by atoms with Crippen LogP contribution in [0.5, 0.6) is 11.5 Å². The molecule has 172 valence electrons. The van der Waals surface area contributed by atoms with Crippen molar-refractivity contribution in [3.05, 3.63) is 76.0 Å². The van der Waals surface area contributed by atoms with E-state index < -0.39 is 16.1 Å². The Labute approximate surface area is 196 Å². The van der Waals surface area contributed by atoms with Crippen LogP contribution >= 0.6 is 11.3 Å². The molecule has 10 heteroatoms. The Balaban J connectivity index is 1.77. The van der Waals surface area contributed by atoms with Crippen molar-refractivity contribution in [2.75, 3.05) is 25.2 Å². The Morgan fingerprint density at radius 1 is 1.12 bits per heavy atom. The molecular weight excluding hydrogens is 462 g/mol. The molecule has 1 unspecified atom stereocenters. The SMILES string of the molecule is COc1cccc(C2CC(c3cccc(NS(C)(=O)=O)c3)=NN2C(=O)c2cccs2)c1OC. The second-order valence-corrected chi connectivity index (χ2v) is 10.1. The number of benzene rings is 2. The molecule has 1 aliphatic heterocycles. The fraction of sp³-hybridized carbons (Fsp3) is 0.217. The van der Waals surface area contributed by atoms with Crippen molar-refractivity contribution in [3.63, 3.8) is 0 Å². The molecule has 0 saturated carbocycles. The lowest BCUT2D eigenvalue weighted by Gasteiger charge is -2.24. The molecule has 33 heavy (non-hydrogen) atoms. The van der Waals surface area contributed by atoms with E-state index in [4.69, 9.17) is 9.47 Å². The van der Waals surface area contributed by atoms with Crippen molar-refractivity contribution < 1.29 is 22.7 Å². The van der Waals surface area contributed by atoms with Crippen LogP contribution in [-0.2, 0) is 10.0 Å². The third-order valence-corrected chi connectivity index (χ3v) is 6.61. The number of hydrogen-bond acceptors (Lipinski definition) is 7. The number of thiophene rings is 1. The van der Waals surface area contributed by atoms with Gasteiger partial charge in [0.15, 0.2) is 11.5 Å². The van der Waals surface area contributed by atoms with Crippen LogP contribution in [0.15, 0.2) is 65.1 Å². The third-order valence-electron chi connectivity index (χ3n) is 5.14. The summed E-state index contributed by atoms with van der Waals surface area (Å²) in [7, 11) is -0.303. The van der Waals surface area contributed by atoms with E-state index in [0.29, 0.717) is 34.2 Å². The molecule has 1 N–H and O–H groups in total. The number of sulfonamides is 1. The molecule has 0 saturated heterocycles. The summed E-state index contributed by atoms with van der Waals surface area (Å²) in [6, 6.07) is 15.6. The van der Waals surface area contributed by atoms with Gasteiger partial charge in [0, 0.05) is 17.7 Å². The first-order valence-corrected chi connectivity index (χ1v) is 12.8. The van der Waals surface area contributed by atoms with E-state index in [1.54, 1.807) is 44.6 Å². The van der Waals surface area contributed by atoms with Gasteiger partial charge in [-0.1, -0.05) is 30.3 Å². The average Bonchev–Trinajstić information content (AvgIpc) is 3.47. The predicted octanol–water partition coefficient (Wildman–Crippen LogP) is 4.13. The number of para-hydroxylation sites is 1. The molecule has 0 radical (unpaired) electrons. The minimum absolute atomic E-state index is 0.222. The molecule has 1 aliphatic rings. The smallest absolute Gasteiger partial charge is 0.284 e. The van der Waals surface area contributed by atoms with E-state index in [-0.39, 0.29) is 5.91 Å². The number of amides is 1. The number of carbonyl (C=O) groups excluding carboxylic acids is 1. The minimum Gasteiger partial charge on any atom is -0.493 e. The highest BCUT2D eigenvalue weighted by atomic mass is 32.2. The number of ether oxygens (including phenoxy) is 2. The zero-order valence-corrected chi connectivity index (χ0v) is 19.9. The van der Waals surface area contributed by atoms with E-state index in [1.165, 1.54) is 16.3 Å². The lowest BCUT2D eigenvalue weighted by atomic mass is 9.97. The van der Waals surface area contributed by atoms with Crippen LogP contribution in [0.2, 0.25) is 0 Å². The van der Waals surface area contributed by atoms with Gasteiger partial charge in [-0.15, -0.1) is 11.3 Å². The van der Waals surface area contributed by atoms with Gasteiger partial charge >= 0.3 is 0 Å². The zero-order valence-electron chi connectivity index (χ0n) is 18.3. The molecule has 0 fully saturated rings. The molecule has 1 aromatic heterocycles. The summed E-state index contributed by atoms with van der Waals surface area (Å²) >= 11 is 1.35. The van der Waals surface area contributed by atoms with Gasteiger partial charge in [-0.25, -0.2) is 13.4 Å². The van der Waals surface area contributed by atoms with Gasteiger partial charge in [-0.05, 0) is 35.2 Å². The second kappa shape index (κ2) is 9.24. The first-order chi connectivity index (χ1) is 15.8. The van der Waals surface area contributed by atoms with Crippen LogP contribution in [0.25, 0.3) is 0 Å². The van der Waals surface area contributed by atoms with Crippen molar-refractivity contribution in [1.29, 1.82) is 0 Å². The third kappa shape index (κ3) is 4.86. The number of anilines is 1. The lowest BCUT2D eigenvalue weighted by Crippen LogP contribution is -2.26. The highest BCUT2D eigenvalue weighted by Crippen LogP contribution is 2.42. The monoisotopic (exact) mass is 485 g/mol. The summed E-state index contributed by atoms with van der Waals surface area (Å²) < 4.78 is 36.9. The summed E-state index contributed by atoms with van der Waals surface area (Å²) in [5, 5.41) is 7.98. The minimum atomic E-state index is -3.43. The molecule has 3 aromatic rings. The molecule has 2 aromatic carbocycles. The van der Waals surface area contributed by atoms with Crippen molar-refractivity contribution in [2.24, 2.45) is 5.10 Å². The fourth-order valence-electron chi connectivity index (χ4n) is 3.78. The maximum absolute atomic E-state index is 13.3. The summed E-state index contributed by atoms with van der Waals surface area (Å²) in [4.78, 5) is 13.9. The standard InChI is InChI=1S/C23H23N3O5S2/c1-30-20-10-5-9-17(22(20)31-2)19-14-18(24-26(19)23(27)21-11-6-12-32-21)15-7-4-8-16(13-15)25-33(3,28)29/h4-13,19,25H,14H2,1-3H3. The molecule has 0 bridgehead atoms. The Bertz CT molecular complexity index is 1300. The van der Waals surface area contributed by atoms with Crippen LogP contribution in [-0.4, -0.2) is 45.5 Å². The van der Waals surface area contributed by atoms with Crippen LogP contribution in [0, 0.1) is 0 Å². The van der Waals surface area contributed by atoms with Gasteiger partial charge in [0.25, 0.3) is 5.91 Å². The Kier molecular flexibility index (Phi) is 6.39. The summed E-state index contributed by atoms with van der Waals surface area (Å²) in [5.74, 6) is 0.879. The molecule has 0 aliphatic carbocycles. The number of rotatable bonds is 7. The van der Waals surface area contributed by atoms with Crippen molar-refractivity contribution in [2.45, 2.75) is 12.5 Å². The van der Waals surface area contributed by atoms with Gasteiger partial charge in [0.05, 0.1) is 37.1 Å². The largest absolute Gasteiger partial charge is 0.493 e. The lowest BCUT2D eigenvalue weighted by molar-refractivity contribution is 0.0714. The first-order valence-electron chi connectivity index (χ1n) is 10.0. The predicted molar refractivity (Wildman–Crippen MR) is 129 cm³/mol. The van der Waals surface area contributed by atoms with Crippen LogP contribution in [0.1, 0.15) is 33.3 Å². The van der Waals surface area contributed by atoms with Gasteiger partial charge in [-0.3, -0.25) is 9.52 Å². The van der Waals surface area contributed by atoms with Crippen molar-refractivity contribution >= 4 is 38.7 Å². The Morgan fingerprint density at radius 3 is 2.58 bits per heavy atom. The maximum Gasteiger partial charge on any atom is 0.284 e. The highest BCUT2D eigenvalue weighted by Gasteiger charge is 2.36. The van der Waals surface area contributed by atoms with Gasteiger partial charge in [-0.2, -0.15) is 5.10 Å². The summed E-state index contributed by atoms with van der Waals surface area (Å²) in [5.41, 5.74) is 2.58. The zero-order chi connectivity index (χ0) is 23.6. The molecule has 4 rings (SSSR count). The first kappa shape index (κ1) is 22.8. The van der Waals surface area contributed by atoms with Gasteiger partial charge in [0.1, 0.15) is 0 Å². The van der Waals surface area contributed by atoms with Crippen LogP contribution in [0.4, 0.5) is 5.69 Å². The van der Waals surface area contributed by atoms with E-state index in [0.717, 1.165) is 17.4 Å². The number of nitrogens with one attached hydrogen (secondary N) is 1. The van der Waals surface area contributed by atoms with Crippen molar-refractivity contribution in [1.82, 2.24) is 5.01 Å². The second-order valence-electron chi connectivity index (χ2n) is 7.43.